The molecule has 2 N–H and O–H groups in total. The smallest absolute Gasteiger partial charge is 0.168 e. The van der Waals surface area contributed by atoms with Crippen LogP contribution in [0.1, 0.15) is 6.92 Å². The zero-order valence-corrected chi connectivity index (χ0v) is 8.37. The Morgan fingerprint density at radius 2 is 2.46 bits per heavy atom. The van der Waals surface area contributed by atoms with Crippen molar-refractivity contribution in [1.82, 2.24) is 9.55 Å². The molecule has 0 spiro atoms. The Kier molecular flexibility index (Phi) is 4.27. The summed E-state index contributed by atoms with van der Waals surface area (Å²) in [6.07, 6.45) is 2.97. The second-order valence-corrected chi connectivity index (χ2v) is 3.63. The molecule has 0 saturated heterocycles. The molecule has 0 aliphatic rings. The lowest BCUT2D eigenvalue weighted by molar-refractivity contribution is 0.113. The molecule has 1 atom stereocenters. The van der Waals surface area contributed by atoms with Crippen LogP contribution in [0.3, 0.4) is 0 Å². The van der Waals surface area contributed by atoms with Crippen molar-refractivity contribution in [2.45, 2.75) is 24.7 Å². The van der Waals surface area contributed by atoms with Crippen LogP contribution in [0.5, 0.6) is 0 Å². The molecule has 0 amide bonds. The van der Waals surface area contributed by atoms with Gasteiger partial charge < -0.3 is 14.8 Å². The number of nitrogens with zero attached hydrogens (tertiary/aromatic N) is 2. The topological polar surface area (TPSA) is 58.3 Å². The van der Waals surface area contributed by atoms with Crippen LogP contribution in [0.4, 0.5) is 0 Å². The summed E-state index contributed by atoms with van der Waals surface area (Å²) in [6, 6.07) is 0. The van der Waals surface area contributed by atoms with Crippen molar-refractivity contribution in [3.8, 4) is 0 Å². The van der Waals surface area contributed by atoms with E-state index in [-0.39, 0.29) is 6.61 Å². The van der Waals surface area contributed by atoms with Crippen LogP contribution in [0, 0.1) is 0 Å². The van der Waals surface area contributed by atoms with Crippen molar-refractivity contribution >= 4 is 11.8 Å². The van der Waals surface area contributed by atoms with E-state index in [1.54, 1.807) is 6.20 Å². The minimum atomic E-state index is -0.660. The van der Waals surface area contributed by atoms with Gasteiger partial charge in [0.05, 0.1) is 12.7 Å². The maximum Gasteiger partial charge on any atom is 0.168 e. The fraction of sp³-hybridized carbons (Fsp3) is 0.625. The Hall–Kier alpha value is -0.520. The number of hydrogen-bond acceptors (Lipinski definition) is 4. The lowest BCUT2D eigenvalue weighted by Gasteiger charge is -2.06. The van der Waals surface area contributed by atoms with Crippen LogP contribution in [-0.2, 0) is 6.54 Å². The number of aliphatic hydroxyl groups excluding tert-OH is 2. The van der Waals surface area contributed by atoms with Gasteiger partial charge in [0, 0.05) is 24.7 Å². The van der Waals surface area contributed by atoms with Crippen molar-refractivity contribution in [3.63, 3.8) is 0 Å². The van der Waals surface area contributed by atoms with E-state index in [1.807, 2.05) is 17.7 Å². The van der Waals surface area contributed by atoms with Crippen LogP contribution >= 0.6 is 11.8 Å². The largest absolute Gasteiger partial charge is 0.394 e. The second-order valence-electron chi connectivity index (χ2n) is 2.64. The first kappa shape index (κ1) is 10.6. The summed E-state index contributed by atoms with van der Waals surface area (Å²) in [6.45, 7) is 2.71. The highest BCUT2D eigenvalue weighted by atomic mass is 32.2. The minimum absolute atomic E-state index is 0.195. The first-order valence-corrected chi connectivity index (χ1v) is 5.19. The SMILES string of the molecule is CCn1ccnc1SCC(O)CO. The van der Waals surface area contributed by atoms with E-state index >= 15 is 0 Å². The third-order valence-electron chi connectivity index (χ3n) is 1.63. The number of rotatable bonds is 5. The number of aryl methyl sites for hydroxylation is 1. The molecular formula is C8H14N2O2S. The molecule has 1 aromatic rings. The predicted octanol–water partition coefficient (Wildman–Crippen LogP) is 0.348. The van der Waals surface area contributed by atoms with Crippen LogP contribution in [0.25, 0.3) is 0 Å². The third-order valence-corrected chi connectivity index (χ3v) is 2.78. The molecule has 0 radical (unpaired) electrons. The van der Waals surface area contributed by atoms with Crippen LogP contribution in [0.15, 0.2) is 17.6 Å². The molecule has 1 aromatic heterocycles. The van der Waals surface area contributed by atoms with Crippen molar-refractivity contribution in [2.24, 2.45) is 0 Å². The first-order valence-electron chi connectivity index (χ1n) is 4.20. The quantitative estimate of drug-likeness (QED) is 0.676. The molecule has 1 rings (SSSR count). The van der Waals surface area contributed by atoms with Crippen molar-refractivity contribution in [1.29, 1.82) is 0 Å². The van der Waals surface area contributed by atoms with Crippen molar-refractivity contribution < 1.29 is 10.2 Å². The van der Waals surface area contributed by atoms with Gasteiger partial charge in [0.1, 0.15) is 0 Å². The first-order chi connectivity index (χ1) is 6.27. The molecule has 5 heteroatoms. The summed E-state index contributed by atoms with van der Waals surface area (Å²) >= 11 is 1.45. The molecule has 0 saturated carbocycles. The summed E-state index contributed by atoms with van der Waals surface area (Å²) in [4.78, 5) is 4.13. The van der Waals surface area contributed by atoms with Gasteiger partial charge in [-0.25, -0.2) is 4.98 Å². The van der Waals surface area contributed by atoms with Crippen LogP contribution in [0.2, 0.25) is 0 Å². The summed E-state index contributed by atoms with van der Waals surface area (Å²) in [5.74, 6) is 0.480. The average Bonchev–Trinajstić information content (AvgIpc) is 2.61. The molecule has 0 aromatic carbocycles. The molecule has 0 bridgehead atoms. The van der Waals surface area contributed by atoms with Gasteiger partial charge in [0.25, 0.3) is 0 Å². The van der Waals surface area contributed by atoms with Gasteiger partial charge in [-0.15, -0.1) is 0 Å². The van der Waals surface area contributed by atoms with E-state index in [4.69, 9.17) is 10.2 Å². The Morgan fingerprint density at radius 1 is 1.69 bits per heavy atom. The fourth-order valence-corrected chi connectivity index (χ4v) is 1.84. The van der Waals surface area contributed by atoms with E-state index in [0.717, 1.165) is 11.7 Å². The molecule has 0 aliphatic carbocycles. The van der Waals surface area contributed by atoms with E-state index in [2.05, 4.69) is 4.98 Å². The summed E-state index contributed by atoms with van der Waals surface area (Å²) < 4.78 is 1.99. The molecule has 0 aliphatic heterocycles. The highest BCUT2D eigenvalue weighted by molar-refractivity contribution is 7.99. The van der Waals surface area contributed by atoms with Gasteiger partial charge in [-0.2, -0.15) is 0 Å². The zero-order chi connectivity index (χ0) is 9.68. The number of imidazole rings is 1. The predicted molar refractivity (Wildman–Crippen MR) is 51.7 cm³/mol. The zero-order valence-electron chi connectivity index (χ0n) is 7.55. The number of aromatic nitrogens is 2. The average molecular weight is 202 g/mol. The van der Waals surface area contributed by atoms with Gasteiger partial charge in [-0.05, 0) is 6.92 Å². The summed E-state index contributed by atoms with van der Waals surface area (Å²) in [5, 5.41) is 18.6. The molecule has 1 heterocycles. The van der Waals surface area contributed by atoms with Crippen molar-refractivity contribution in [3.05, 3.63) is 12.4 Å². The van der Waals surface area contributed by atoms with Crippen LogP contribution in [-0.4, -0.2) is 38.2 Å². The lowest BCUT2D eigenvalue weighted by Crippen LogP contribution is -2.15. The summed E-state index contributed by atoms with van der Waals surface area (Å²) in [5.41, 5.74) is 0. The fourth-order valence-electron chi connectivity index (χ4n) is 0.900. The van der Waals surface area contributed by atoms with Crippen LogP contribution < -0.4 is 0 Å². The number of thioether (sulfide) groups is 1. The van der Waals surface area contributed by atoms with Gasteiger partial charge in [0.2, 0.25) is 0 Å². The van der Waals surface area contributed by atoms with E-state index in [0.29, 0.717) is 5.75 Å². The Morgan fingerprint density at radius 3 is 3.08 bits per heavy atom. The van der Waals surface area contributed by atoms with E-state index in [9.17, 15) is 0 Å². The monoisotopic (exact) mass is 202 g/mol. The maximum atomic E-state index is 9.11. The van der Waals surface area contributed by atoms with E-state index in [1.165, 1.54) is 11.8 Å². The molecule has 4 nitrogen and oxygen atoms in total. The lowest BCUT2D eigenvalue weighted by atomic mass is 10.4. The van der Waals surface area contributed by atoms with Gasteiger partial charge >= 0.3 is 0 Å². The Labute approximate surface area is 81.6 Å². The third kappa shape index (κ3) is 3.02. The molecule has 0 fully saturated rings. The highest BCUT2D eigenvalue weighted by Gasteiger charge is 2.06. The normalized spacial score (nSPS) is 13.2. The summed E-state index contributed by atoms with van der Waals surface area (Å²) in [7, 11) is 0. The van der Waals surface area contributed by atoms with Gasteiger partial charge in [-0.1, -0.05) is 11.8 Å². The Bertz CT molecular complexity index is 252. The van der Waals surface area contributed by atoms with Crippen molar-refractivity contribution in [2.75, 3.05) is 12.4 Å². The number of aliphatic hydroxyl groups is 2. The molecular weight excluding hydrogens is 188 g/mol. The van der Waals surface area contributed by atoms with Gasteiger partial charge in [0.15, 0.2) is 5.16 Å². The highest BCUT2D eigenvalue weighted by Crippen LogP contribution is 2.16. The molecule has 13 heavy (non-hydrogen) atoms. The molecule has 74 valence electrons. The Balaban J connectivity index is 2.44. The maximum absolute atomic E-state index is 9.11. The van der Waals surface area contributed by atoms with E-state index < -0.39 is 6.10 Å². The van der Waals surface area contributed by atoms with Gasteiger partial charge in [-0.3, -0.25) is 0 Å². The standard InChI is InChI=1S/C8H14N2O2S/c1-2-10-4-3-9-8(10)13-6-7(12)5-11/h3-4,7,11-12H,2,5-6H2,1H3. The minimum Gasteiger partial charge on any atom is -0.394 e. The second kappa shape index (κ2) is 5.26. The molecule has 1 unspecified atom stereocenters. The number of hydrogen-bond donors (Lipinski definition) is 2.